The largest absolute Gasteiger partial charge is 0.393 e. The molecular weight excluding hydrogens is 316 g/mol. The number of aliphatic hydroxyl groups excluding tert-OH is 2. The fraction of sp³-hybridized carbons (Fsp3) is 0.905. The average molecular weight is 348 g/mol. The second-order valence-corrected chi connectivity index (χ2v) is 9.97. The Kier molecular flexibility index (Phi) is 3.98. The van der Waals surface area contributed by atoms with Crippen LogP contribution in [0.5, 0.6) is 0 Å². The zero-order valence-corrected chi connectivity index (χ0v) is 15.7. The van der Waals surface area contributed by atoms with Gasteiger partial charge in [0.2, 0.25) is 0 Å². The SMILES string of the molecule is CC(=O)C1CC(O)C2C3C(O)CC4CC(=O)CCC4(C)C3CCC12C. The molecule has 0 aromatic rings. The summed E-state index contributed by atoms with van der Waals surface area (Å²) in [6, 6.07) is 0. The van der Waals surface area contributed by atoms with Crippen molar-refractivity contribution < 1.29 is 19.8 Å². The van der Waals surface area contributed by atoms with Gasteiger partial charge in [-0.1, -0.05) is 13.8 Å². The van der Waals surface area contributed by atoms with Gasteiger partial charge >= 0.3 is 0 Å². The Hall–Kier alpha value is -0.740. The molecule has 2 N–H and O–H groups in total. The number of hydrogen-bond donors (Lipinski definition) is 2. The topological polar surface area (TPSA) is 74.6 Å². The van der Waals surface area contributed by atoms with Crippen LogP contribution in [0.2, 0.25) is 0 Å². The van der Waals surface area contributed by atoms with Crippen LogP contribution in [0.1, 0.15) is 65.7 Å². The number of carbonyl (C=O) groups excluding carboxylic acids is 2. The fourth-order valence-corrected chi connectivity index (χ4v) is 7.69. The molecule has 0 radical (unpaired) electrons. The molecule has 4 fully saturated rings. The molecule has 0 spiro atoms. The summed E-state index contributed by atoms with van der Waals surface area (Å²) in [5.74, 6) is 1.13. The van der Waals surface area contributed by atoms with Crippen molar-refractivity contribution in [1.29, 1.82) is 0 Å². The van der Waals surface area contributed by atoms with E-state index in [0.29, 0.717) is 37.4 Å². The van der Waals surface area contributed by atoms with Gasteiger partial charge in [-0.25, -0.2) is 0 Å². The van der Waals surface area contributed by atoms with E-state index in [1.807, 2.05) is 0 Å². The van der Waals surface area contributed by atoms with Crippen LogP contribution in [0.4, 0.5) is 0 Å². The van der Waals surface area contributed by atoms with E-state index in [-0.39, 0.29) is 40.3 Å². The van der Waals surface area contributed by atoms with E-state index in [1.54, 1.807) is 6.92 Å². The minimum absolute atomic E-state index is 0.00514. The Labute approximate surface area is 150 Å². The molecule has 4 nitrogen and oxygen atoms in total. The first-order chi connectivity index (χ1) is 11.7. The van der Waals surface area contributed by atoms with Gasteiger partial charge in [0, 0.05) is 18.8 Å². The lowest BCUT2D eigenvalue weighted by Gasteiger charge is -2.61. The maximum Gasteiger partial charge on any atom is 0.133 e. The van der Waals surface area contributed by atoms with Crippen LogP contribution in [0.15, 0.2) is 0 Å². The highest BCUT2D eigenvalue weighted by Crippen LogP contribution is 2.67. The van der Waals surface area contributed by atoms with Crippen LogP contribution < -0.4 is 0 Å². The van der Waals surface area contributed by atoms with Crippen LogP contribution in [0.25, 0.3) is 0 Å². The molecule has 0 amide bonds. The Morgan fingerprint density at radius 1 is 1.08 bits per heavy atom. The molecule has 4 aliphatic rings. The molecule has 9 unspecified atom stereocenters. The Bertz CT molecular complexity index is 601. The molecule has 0 aromatic carbocycles. The molecule has 0 heterocycles. The first-order valence-electron chi connectivity index (χ1n) is 10.1. The third-order valence-corrected chi connectivity index (χ3v) is 8.98. The highest BCUT2D eigenvalue weighted by atomic mass is 16.3. The second kappa shape index (κ2) is 5.63. The number of carbonyl (C=O) groups is 2. The third kappa shape index (κ3) is 2.32. The van der Waals surface area contributed by atoms with Crippen molar-refractivity contribution in [3.05, 3.63) is 0 Å². The molecule has 4 aliphatic carbocycles. The summed E-state index contributed by atoms with van der Waals surface area (Å²) in [5.41, 5.74) is -0.103. The van der Waals surface area contributed by atoms with E-state index in [0.717, 1.165) is 19.3 Å². The molecule has 25 heavy (non-hydrogen) atoms. The van der Waals surface area contributed by atoms with Gasteiger partial charge in [0.15, 0.2) is 0 Å². The van der Waals surface area contributed by atoms with Crippen molar-refractivity contribution in [3.8, 4) is 0 Å². The summed E-state index contributed by atoms with van der Waals surface area (Å²) in [6.45, 7) is 6.14. The van der Waals surface area contributed by atoms with Crippen molar-refractivity contribution in [2.45, 2.75) is 77.9 Å². The lowest BCUT2D eigenvalue weighted by Crippen LogP contribution is -2.59. The Morgan fingerprint density at radius 3 is 2.48 bits per heavy atom. The van der Waals surface area contributed by atoms with Crippen LogP contribution in [-0.2, 0) is 9.59 Å². The fourth-order valence-electron chi connectivity index (χ4n) is 7.69. The van der Waals surface area contributed by atoms with E-state index in [9.17, 15) is 19.8 Å². The number of hydrogen-bond acceptors (Lipinski definition) is 4. The van der Waals surface area contributed by atoms with Gasteiger partial charge < -0.3 is 10.2 Å². The van der Waals surface area contributed by atoms with Crippen molar-refractivity contribution in [2.24, 2.45) is 40.4 Å². The molecule has 0 aromatic heterocycles. The minimum atomic E-state index is -0.494. The van der Waals surface area contributed by atoms with Gasteiger partial charge in [-0.15, -0.1) is 0 Å². The number of fused-ring (bicyclic) bond motifs is 5. The quantitative estimate of drug-likeness (QED) is 0.764. The summed E-state index contributed by atoms with van der Waals surface area (Å²) in [4.78, 5) is 24.2. The molecule has 140 valence electrons. The second-order valence-electron chi connectivity index (χ2n) is 9.97. The molecule has 4 heteroatoms. The third-order valence-electron chi connectivity index (χ3n) is 8.98. The van der Waals surface area contributed by atoms with E-state index in [4.69, 9.17) is 0 Å². The van der Waals surface area contributed by atoms with E-state index >= 15 is 0 Å². The van der Waals surface area contributed by atoms with Crippen LogP contribution >= 0.6 is 0 Å². The van der Waals surface area contributed by atoms with Crippen molar-refractivity contribution in [1.82, 2.24) is 0 Å². The standard InChI is InChI=1S/C21H32O4/c1-11(22)15-10-17(25)19-18-14(5-7-21(15,19)3)20(2)6-4-13(23)8-12(20)9-16(18)24/h12,14-19,24-25H,4-10H2,1-3H3. The average Bonchev–Trinajstić information content (AvgIpc) is 2.81. The number of Topliss-reactive ketones (excluding diaryl/α,β-unsaturated/α-hetero) is 2. The number of ketones is 2. The van der Waals surface area contributed by atoms with Crippen LogP contribution in [0.3, 0.4) is 0 Å². The van der Waals surface area contributed by atoms with Crippen molar-refractivity contribution >= 4 is 11.6 Å². The first kappa shape index (κ1) is 17.7. The number of aliphatic hydroxyl groups is 2. The van der Waals surface area contributed by atoms with E-state index in [2.05, 4.69) is 13.8 Å². The summed E-state index contributed by atoms with van der Waals surface area (Å²) in [7, 11) is 0. The normalized spacial score (nSPS) is 55.2. The molecule has 4 rings (SSSR count). The zero-order valence-electron chi connectivity index (χ0n) is 15.7. The monoisotopic (exact) mass is 348 g/mol. The smallest absolute Gasteiger partial charge is 0.133 e. The van der Waals surface area contributed by atoms with Crippen molar-refractivity contribution in [2.75, 3.05) is 0 Å². The highest BCUT2D eigenvalue weighted by molar-refractivity contribution is 5.80. The molecule has 0 saturated heterocycles. The molecule has 0 bridgehead atoms. The molecule has 9 atom stereocenters. The van der Waals surface area contributed by atoms with E-state index in [1.165, 1.54) is 0 Å². The van der Waals surface area contributed by atoms with Gasteiger partial charge in [-0.05, 0) is 73.5 Å². The minimum Gasteiger partial charge on any atom is -0.393 e. The molecule has 4 saturated carbocycles. The highest BCUT2D eigenvalue weighted by Gasteiger charge is 2.65. The van der Waals surface area contributed by atoms with Crippen LogP contribution in [0, 0.1) is 40.4 Å². The van der Waals surface area contributed by atoms with Crippen LogP contribution in [-0.4, -0.2) is 34.0 Å². The van der Waals surface area contributed by atoms with Crippen molar-refractivity contribution in [3.63, 3.8) is 0 Å². The molecule has 0 aliphatic heterocycles. The van der Waals surface area contributed by atoms with Gasteiger partial charge in [0.25, 0.3) is 0 Å². The lowest BCUT2D eigenvalue weighted by molar-refractivity contribution is -0.178. The Balaban J connectivity index is 1.71. The van der Waals surface area contributed by atoms with Gasteiger partial charge in [0.05, 0.1) is 12.2 Å². The maximum atomic E-state index is 12.2. The summed E-state index contributed by atoms with van der Waals surface area (Å²) in [5, 5.41) is 21.9. The van der Waals surface area contributed by atoms with E-state index < -0.39 is 12.2 Å². The predicted molar refractivity (Wildman–Crippen MR) is 93.7 cm³/mol. The maximum absolute atomic E-state index is 12.2. The first-order valence-corrected chi connectivity index (χ1v) is 10.1. The lowest BCUT2D eigenvalue weighted by atomic mass is 9.44. The van der Waals surface area contributed by atoms with Gasteiger partial charge in [-0.2, -0.15) is 0 Å². The predicted octanol–water partition coefficient (Wildman–Crippen LogP) is 2.75. The summed E-state index contributed by atoms with van der Waals surface area (Å²) in [6.07, 6.45) is 4.41. The number of rotatable bonds is 1. The summed E-state index contributed by atoms with van der Waals surface area (Å²) < 4.78 is 0. The summed E-state index contributed by atoms with van der Waals surface area (Å²) >= 11 is 0. The Morgan fingerprint density at radius 2 is 1.80 bits per heavy atom. The van der Waals surface area contributed by atoms with Gasteiger partial charge in [-0.3, -0.25) is 9.59 Å². The van der Waals surface area contributed by atoms with Gasteiger partial charge in [0.1, 0.15) is 11.6 Å². The molecular formula is C21H32O4. The zero-order chi connectivity index (χ0) is 18.1.